The Kier molecular flexibility index (Phi) is 5.48. The molecule has 2 aromatic heterocycles. The van der Waals surface area contributed by atoms with E-state index in [4.69, 9.17) is 14.0 Å². The van der Waals surface area contributed by atoms with Gasteiger partial charge in [-0.1, -0.05) is 35.5 Å². The molecular weight excluding hydrogens is 380 g/mol. The smallest absolute Gasteiger partial charge is 0.342 e. The zero-order chi connectivity index (χ0) is 21.1. The van der Waals surface area contributed by atoms with Crippen molar-refractivity contribution in [2.24, 2.45) is 0 Å². The van der Waals surface area contributed by atoms with E-state index in [9.17, 15) is 4.79 Å². The molecule has 152 valence electrons. The Morgan fingerprint density at radius 1 is 1.10 bits per heavy atom. The van der Waals surface area contributed by atoms with Gasteiger partial charge in [0.25, 0.3) is 0 Å². The summed E-state index contributed by atoms with van der Waals surface area (Å²) in [6.07, 6.45) is 1.28. The molecule has 0 fully saturated rings. The monoisotopic (exact) mass is 402 g/mol. The third kappa shape index (κ3) is 4.03. The number of pyridine rings is 1. The quantitative estimate of drug-likeness (QED) is 0.406. The SMILES string of the molecule is Cc1noc(C)c1COc1ccccc1C(=O)OC(C)c1cnc2ccccc2c1. The molecule has 6 nitrogen and oxygen atoms in total. The van der Waals surface area contributed by atoms with Gasteiger partial charge < -0.3 is 14.0 Å². The highest BCUT2D eigenvalue weighted by Gasteiger charge is 2.19. The van der Waals surface area contributed by atoms with E-state index in [-0.39, 0.29) is 6.61 Å². The lowest BCUT2D eigenvalue weighted by atomic mass is 10.1. The Balaban J connectivity index is 1.50. The minimum atomic E-state index is -0.454. The zero-order valence-corrected chi connectivity index (χ0v) is 17.1. The van der Waals surface area contributed by atoms with Crippen molar-refractivity contribution in [2.75, 3.05) is 0 Å². The van der Waals surface area contributed by atoms with Crippen LogP contribution in [0.3, 0.4) is 0 Å². The number of ether oxygens (including phenoxy) is 2. The number of benzene rings is 2. The van der Waals surface area contributed by atoms with Crippen LogP contribution in [0.4, 0.5) is 0 Å². The fraction of sp³-hybridized carbons (Fsp3) is 0.208. The number of aryl methyl sites for hydroxylation is 2. The van der Waals surface area contributed by atoms with Gasteiger partial charge in [0.1, 0.15) is 29.8 Å². The summed E-state index contributed by atoms with van der Waals surface area (Å²) in [5, 5.41) is 4.93. The van der Waals surface area contributed by atoms with Crippen LogP contribution in [0, 0.1) is 13.8 Å². The number of hydrogen-bond acceptors (Lipinski definition) is 6. The Morgan fingerprint density at radius 3 is 2.67 bits per heavy atom. The Bertz CT molecular complexity index is 1180. The van der Waals surface area contributed by atoms with Crippen LogP contribution in [0.25, 0.3) is 10.9 Å². The van der Waals surface area contributed by atoms with Crippen LogP contribution in [-0.4, -0.2) is 16.1 Å². The van der Waals surface area contributed by atoms with E-state index >= 15 is 0 Å². The standard InChI is InChI=1S/C24H22N2O4/c1-15-21(17(3)30-26-15)14-28-23-11-7-5-9-20(23)24(27)29-16(2)19-12-18-8-4-6-10-22(18)25-13-19/h4-13,16H,14H2,1-3H3. The predicted octanol–water partition coefficient (Wildman–Crippen LogP) is 5.34. The lowest BCUT2D eigenvalue weighted by Crippen LogP contribution is -2.11. The second kappa shape index (κ2) is 8.37. The highest BCUT2D eigenvalue weighted by Crippen LogP contribution is 2.26. The number of para-hydroxylation sites is 2. The van der Waals surface area contributed by atoms with Crippen molar-refractivity contribution in [3.63, 3.8) is 0 Å². The molecule has 0 saturated heterocycles. The van der Waals surface area contributed by atoms with Crippen LogP contribution < -0.4 is 4.74 Å². The van der Waals surface area contributed by atoms with Gasteiger partial charge in [-0.2, -0.15) is 0 Å². The van der Waals surface area contributed by atoms with Crippen LogP contribution in [0.5, 0.6) is 5.75 Å². The molecule has 0 saturated carbocycles. The first-order valence-electron chi connectivity index (χ1n) is 9.72. The predicted molar refractivity (Wildman–Crippen MR) is 112 cm³/mol. The van der Waals surface area contributed by atoms with Gasteiger partial charge in [-0.05, 0) is 45.0 Å². The lowest BCUT2D eigenvalue weighted by molar-refractivity contribution is 0.0332. The third-order valence-electron chi connectivity index (χ3n) is 5.03. The van der Waals surface area contributed by atoms with Crippen LogP contribution in [0.1, 0.15) is 46.0 Å². The van der Waals surface area contributed by atoms with Gasteiger partial charge in [0, 0.05) is 17.1 Å². The number of carbonyl (C=O) groups excluding carboxylic acids is 1. The van der Waals surface area contributed by atoms with E-state index in [1.807, 2.05) is 57.2 Å². The molecule has 0 spiro atoms. The Hall–Kier alpha value is -3.67. The summed E-state index contributed by atoms with van der Waals surface area (Å²) in [6, 6.07) is 16.8. The molecule has 0 aliphatic carbocycles. The fourth-order valence-electron chi connectivity index (χ4n) is 3.22. The fourth-order valence-corrected chi connectivity index (χ4v) is 3.22. The second-order valence-corrected chi connectivity index (χ2v) is 7.10. The topological polar surface area (TPSA) is 74.5 Å². The van der Waals surface area contributed by atoms with Crippen LogP contribution >= 0.6 is 0 Å². The molecule has 2 heterocycles. The van der Waals surface area contributed by atoms with Crippen LogP contribution in [-0.2, 0) is 11.3 Å². The highest BCUT2D eigenvalue weighted by molar-refractivity contribution is 5.92. The van der Waals surface area contributed by atoms with Crippen LogP contribution in [0.15, 0.2) is 65.3 Å². The van der Waals surface area contributed by atoms with E-state index in [2.05, 4.69) is 10.1 Å². The van der Waals surface area contributed by atoms with Gasteiger partial charge in [-0.3, -0.25) is 4.98 Å². The molecule has 1 atom stereocenters. The van der Waals surface area contributed by atoms with Crippen LogP contribution in [0.2, 0.25) is 0 Å². The number of nitrogens with zero attached hydrogens (tertiary/aromatic N) is 2. The first-order chi connectivity index (χ1) is 14.5. The number of rotatable bonds is 6. The summed E-state index contributed by atoms with van der Waals surface area (Å²) < 4.78 is 16.8. The van der Waals surface area contributed by atoms with Crippen molar-refractivity contribution >= 4 is 16.9 Å². The van der Waals surface area contributed by atoms with Gasteiger partial charge in [0.2, 0.25) is 0 Å². The lowest BCUT2D eigenvalue weighted by Gasteiger charge is -2.16. The number of hydrogen-bond donors (Lipinski definition) is 0. The molecule has 0 radical (unpaired) electrons. The molecular formula is C24H22N2O4. The average Bonchev–Trinajstić information content (AvgIpc) is 3.09. The summed E-state index contributed by atoms with van der Waals surface area (Å²) in [6.45, 7) is 5.78. The van der Waals surface area contributed by atoms with E-state index in [1.54, 1.807) is 24.4 Å². The van der Waals surface area contributed by atoms with Crippen molar-refractivity contribution in [1.82, 2.24) is 10.1 Å². The molecule has 1 unspecified atom stereocenters. The summed E-state index contributed by atoms with van der Waals surface area (Å²) in [5.74, 6) is 0.696. The maximum Gasteiger partial charge on any atom is 0.342 e. The van der Waals surface area contributed by atoms with Crippen molar-refractivity contribution in [2.45, 2.75) is 33.5 Å². The minimum absolute atomic E-state index is 0.260. The molecule has 0 aliphatic heterocycles. The first-order valence-corrected chi connectivity index (χ1v) is 9.72. The van der Waals surface area contributed by atoms with Gasteiger partial charge in [0.15, 0.2) is 0 Å². The number of fused-ring (bicyclic) bond motifs is 1. The minimum Gasteiger partial charge on any atom is -0.488 e. The molecule has 0 amide bonds. The summed E-state index contributed by atoms with van der Waals surface area (Å²) >= 11 is 0. The van der Waals surface area contributed by atoms with E-state index in [1.165, 1.54) is 0 Å². The van der Waals surface area contributed by atoms with Crippen molar-refractivity contribution < 1.29 is 18.8 Å². The molecule has 0 aliphatic rings. The Morgan fingerprint density at radius 2 is 1.87 bits per heavy atom. The Labute approximate surface area is 174 Å². The number of esters is 1. The number of aromatic nitrogens is 2. The number of carbonyl (C=O) groups is 1. The van der Waals surface area contributed by atoms with Gasteiger partial charge in [0.05, 0.1) is 16.8 Å². The average molecular weight is 402 g/mol. The molecule has 4 aromatic rings. The highest BCUT2D eigenvalue weighted by atomic mass is 16.5. The van der Waals surface area contributed by atoms with Gasteiger partial charge in [-0.15, -0.1) is 0 Å². The molecule has 6 heteroatoms. The third-order valence-corrected chi connectivity index (χ3v) is 5.03. The van der Waals surface area contributed by atoms with Crippen molar-refractivity contribution in [1.29, 1.82) is 0 Å². The molecule has 2 aromatic carbocycles. The molecule has 0 bridgehead atoms. The van der Waals surface area contributed by atoms with E-state index < -0.39 is 12.1 Å². The van der Waals surface area contributed by atoms with Crippen molar-refractivity contribution in [3.8, 4) is 5.75 Å². The molecule has 30 heavy (non-hydrogen) atoms. The van der Waals surface area contributed by atoms with E-state index in [0.717, 1.165) is 27.7 Å². The maximum atomic E-state index is 12.9. The molecule has 0 N–H and O–H groups in total. The molecule has 4 rings (SSSR count). The summed E-state index contributed by atoms with van der Waals surface area (Å²) in [7, 11) is 0. The van der Waals surface area contributed by atoms with Gasteiger partial charge >= 0.3 is 5.97 Å². The normalized spacial score (nSPS) is 12.0. The first kappa shape index (κ1) is 19.6. The van der Waals surface area contributed by atoms with Gasteiger partial charge in [-0.25, -0.2) is 4.79 Å². The zero-order valence-electron chi connectivity index (χ0n) is 17.1. The summed E-state index contributed by atoms with van der Waals surface area (Å²) in [4.78, 5) is 17.3. The van der Waals surface area contributed by atoms with E-state index in [0.29, 0.717) is 17.1 Å². The summed E-state index contributed by atoms with van der Waals surface area (Å²) in [5.41, 5.74) is 3.73. The maximum absolute atomic E-state index is 12.9. The second-order valence-electron chi connectivity index (χ2n) is 7.10. The van der Waals surface area contributed by atoms with Crippen molar-refractivity contribution in [3.05, 3.63) is 88.9 Å². The largest absolute Gasteiger partial charge is 0.488 e.